The molecule has 0 saturated carbocycles. The van der Waals surface area contributed by atoms with Gasteiger partial charge in [-0.3, -0.25) is 0 Å². The van der Waals surface area contributed by atoms with Gasteiger partial charge in [-0.25, -0.2) is 0 Å². The first-order valence-electron chi connectivity index (χ1n) is 7.18. The van der Waals surface area contributed by atoms with Crippen molar-refractivity contribution >= 4 is 10.8 Å². The van der Waals surface area contributed by atoms with Gasteiger partial charge < -0.3 is 10.4 Å². The van der Waals surface area contributed by atoms with Crippen LogP contribution >= 0.6 is 0 Å². The molecule has 2 heteroatoms. The Kier molecular flexibility index (Phi) is 4.00. The van der Waals surface area contributed by atoms with Crippen molar-refractivity contribution in [1.29, 1.82) is 0 Å². The number of rotatable bonds is 4. The summed E-state index contributed by atoms with van der Waals surface area (Å²) in [6.45, 7) is 0. The van der Waals surface area contributed by atoms with Crippen LogP contribution in [-0.4, -0.2) is 12.2 Å². The maximum Gasteiger partial charge on any atom is 0.0984 e. The third-order valence-electron chi connectivity index (χ3n) is 3.90. The number of likely N-dealkylation sites (N-methyl/N-ethyl adjacent to an activating group) is 1. The Morgan fingerprint density at radius 2 is 1.43 bits per heavy atom. The average molecular weight is 277 g/mol. The molecule has 2 atom stereocenters. The topological polar surface area (TPSA) is 32.3 Å². The molecule has 0 amide bonds. The lowest BCUT2D eigenvalue weighted by Gasteiger charge is -2.23. The standard InChI is InChI=1S/C19H19NO/c1-20-18(19(21)15-8-3-2-4-9-15)17-12-11-14-7-5-6-10-16(14)13-17/h2-13,18-21H,1H3. The highest BCUT2D eigenvalue weighted by Gasteiger charge is 2.21. The van der Waals surface area contributed by atoms with E-state index in [0.717, 1.165) is 11.1 Å². The van der Waals surface area contributed by atoms with Crippen LogP contribution in [0, 0.1) is 0 Å². The van der Waals surface area contributed by atoms with Gasteiger partial charge in [-0.05, 0) is 35.0 Å². The quantitative estimate of drug-likeness (QED) is 0.759. The molecule has 2 N–H and O–H groups in total. The van der Waals surface area contributed by atoms with Crippen LogP contribution < -0.4 is 5.32 Å². The van der Waals surface area contributed by atoms with E-state index in [1.807, 2.05) is 49.5 Å². The number of fused-ring (bicyclic) bond motifs is 1. The minimum atomic E-state index is -0.572. The summed E-state index contributed by atoms with van der Waals surface area (Å²) in [5, 5.41) is 16.3. The van der Waals surface area contributed by atoms with Gasteiger partial charge in [-0.2, -0.15) is 0 Å². The third-order valence-corrected chi connectivity index (χ3v) is 3.90. The predicted molar refractivity (Wildman–Crippen MR) is 87.2 cm³/mol. The highest BCUT2D eigenvalue weighted by Crippen LogP contribution is 2.30. The van der Waals surface area contributed by atoms with Crippen LogP contribution in [0.15, 0.2) is 72.8 Å². The first-order valence-corrected chi connectivity index (χ1v) is 7.18. The minimum absolute atomic E-state index is 0.128. The molecular formula is C19H19NO. The van der Waals surface area contributed by atoms with Gasteiger partial charge in [-0.15, -0.1) is 0 Å². The molecule has 0 aliphatic carbocycles. The summed E-state index contributed by atoms with van der Waals surface area (Å²) in [5.74, 6) is 0. The van der Waals surface area contributed by atoms with Crippen molar-refractivity contribution in [1.82, 2.24) is 5.32 Å². The zero-order valence-corrected chi connectivity index (χ0v) is 12.0. The van der Waals surface area contributed by atoms with Gasteiger partial charge >= 0.3 is 0 Å². The van der Waals surface area contributed by atoms with Crippen molar-refractivity contribution in [3.8, 4) is 0 Å². The van der Waals surface area contributed by atoms with Gasteiger partial charge in [0.05, 0.1) is 12.1 Å². The Balaban J connectivity index is 1.98. The highest BCUT2D eigenvalue weighted by atomic mass is 16.3. The molecule has 0 aliphatic heterocycles. The molecule has 0 aliphatic rings. The second-order valence-electron chi connectivity index (χ2n) is 5.23. The van der Waals surface area contributed by atoms with E-state index in [0.29, 0.717) is 0 Å². The fraction of sp³-hybridized carbons (Fsp3) is 0.158. The van der Waals surface area contributed by atoms with Gasteiger partial charge in [0.25, 0.3) is 0 Å². The Morgan fingerprint density at radius 3 is 2.14 bits per heavy atom. The monoisotopic (exact) mass is 277 g/mol. The molecule has 21 heavy (non-hydrogen) atoms. The number of hydrogen-bond acceptors (Lipinski definition) is 2. The predicted octanol–water partition coefficient (Wildman–Crippen LogP) is 3.83. The smallest absolute Gasteiger partial charge is 0.0984 e. The molecule has 0 heterocycles. The summed E-state index contributed by atoms with van der Waals surface area (Å²) in [5.41, 5.74) is 2.01. The molecule has 3 aromatic carbocycles. The molecule has 0 saturated heterocycles. The van der Waals surface area contributed by atoms with Gasteiger partial charge in [0.1, 0.15) is 0 Å². The van der Waals surface area contributed by atoms with Crippen LogP contribution in [0.4, 0.5) is 0 Å². The maximum absolute atomic E-state index is 10.6. The van der Waals surface area contributed by atoms with Crippen molar-refractivity contribution < 1.29 is 5.11 Å². The zero-order valence-electron chi connectivity index (χ0n) is 12.0. The number of aliphatic hydroxyl groups is 1. The van der Waals surface area contributed by atoms with Crippen molar-refractivity contribution in [3.05, 3.63) is 83.9 Å². The van der Waals surface area contributed by atoms with E-state index < -0.39 is 6.10 Å². The van der Waals surface area contributed by atoms with Crippen LogP contribution in [0.1, 0.15) is 23.3 Å². The maximum atomic E-state index is 10.6. The molecule has 2 unspecified atom stereocenters. The lowest BCUT2D eigenvalue weighted by Crippen LogP contribution is -2.23. The molecular weight excluding hydrogens is 258 g/mol. The van der Waals surface area contributed by atoms with Crippen LogP contribution in [0.5, 0.6) is 0 Å². The fourth-order valence-corrected chi connectivity index (χ4v) is 2.75. The Hall–Kier alpha value is -2.16. The summed E-state index contributed by atoms with van der Waals surface area (Å²) >= 11 is 0. The molecule has 2 nitrogen and oxygen atoms in total. The SMILES string of the molecule is CNC(c1ccc2ccccc2c1)C(O)c1ccccc1. The summed E-state index contributed by atoms with van der Waals surface area (Å²) in [6.07, 6.45) is -0.572. The Morgan fingerprint density at radius 1 is 0.762 bits per heavy atom. The average Bonchev–Trinajstić information content (AvgIpc) is 2.56. The summed E-state index contributed by atoms with van der Waals surface area (Å²) in [6, 6.07) is 24.2. The highest BCUT2D eigenvalue weighted by molar-refractivity contribution is 5.83. The van der Waals surface area contributed by atoms with E-state index in [1.165, 1.54) is 10.8 Å². The summed E-state index contributed by atoms with van der Waals surface area (Å²) in [7, 11) is 1.88. The van der Waals surface area contributed by atoms with Gasteiger partial charge in [0, 0.05) is 0 Å². The van der Waals surface area contributed by atoms with Crippen LogP contribution in [0.25, 0.3) is 10.8 Å². The van der Waals surface area contributed by atoms with Crippen molar-refractivity contribution in [2.75, 3.05) is 7.05 Å². The largest absolute Gasteiger partial charge is 0.386 e. The number of nitrogens with one attached hydrogen (secondary N) is 1. The van der Waals surface area contributed by atoms with E-state index in [-0.39, 0.29) is 6.04 Å². The zero-order chi connectivity index (χ0) is 14.7. The van der Waals surface area contributed by atoms with E-state index in [9.17, 15) is 5.11 Å². The van der Waals surface area contributed by atoms with E-state index in [1.54, 1.807) is 0 Å². The van der Waals surface area contributed by atoms with Crippen LogP contribution in [0.3, 0.4) is 0 Å². The fourth-order valence-electron chi connectivity index (χ4n) is 2.75. The summed E-state index contributed by atoms with van der Waals surface area (Å²) in [4.78, 5) is 0. The Labute approximate surface area is 125 Å². The van der Waals surface area contributed by atoms with E-state index >= 15 is 0 Å². The first kappa shape index (κ1) is 13.8. The van der Waals surface area contributed by atoms with E-state index in [4.69, 9.17) is 0 Å². The van der Waals surface area contributed by atoms with Crippen molar-refractivity contribution in [3.63, 3.8) is 0 Å². The lowest BCUT2D eigenvalue weighted by atomic mass is 9.94. The van der Waals surface area contributed by atoms with Gasteiger partial charge in [0.15, 0.2) is 0 Å². The molecule has 0 spiro atoms. The molecule has 0 radical (unpaired) electrons. The van der Waals surface area contributed by atoms with Gasteiger partial charge in [-0.1, -0.05) is 66.7 Å². The van der Waals surface area contributed by atoms with Gasteiger partial charge in [0.2, 0.25) is 0 Å². The molecule has 0 fully saturated rings. The van der Waals surface area contributed by atoms with Crippen LogP contribution in [-0.2, 0) is 0 Å². The number of aliphatic hydroxyl groups excluding tert-OH is 1. The van der Waals surface area contributed by atoms with Crippen LogP contribution in [0.2, 0.25) is 0 Å². The molecule has 106 valence electrons. The second kappa shape index (κ2) is 6.08. The molecule has 0 aromatic heterocycles. The lowest BCUT2D eigenvalue weighted by molar-refractivity contribution is 0.133. The van der Waals surface area contributed by atoms with Crippen molar-refractivity contribution in [2.45, 2.75) is 12.1 Å². The number of benzene rings is 3. The second-order valence-corrected chi connectivity index (χ2v) is 5.23. The normalized spacial score (nSPS) is 14.0. The number of hydrogen-bond donors (Lipinski definition) is 2. The third kappa shape index (κ3) is 2.82. The first-order chi connectivity index (χ1) is 10.3. The molecule has 3 rings (SSSR count). The Bertz CT molecular complexity index is 724. The van der Waals surface area contributed by atoms with E-state index in [2.05, 4.69) is 35.6 Å². The van der Waals surface area contributed by atoms with Crippen molar-refractivity contribution in [2.24, 2.45) is 0 Å². The summed E-state index contributed by atoms with van der Waals surface area (Å²) < 4.78 is 0. The molecule has 3 aromatic rings. The minimum Gasteiger partial charge on any atom is -0.386 e. The molecule has 0 bridgehead atoms.